The van der Waals surface area contributed by atoms with E-state index in [1.807, 2.05) is 0 Å². The molecule has 0 amide bonds. The maximum Gasteiger partial charge on any atom is 0.179 e. The highest BCUT2D eigenvalue weighted by molar-refractivity contribution is 6.33. The Morgan fingerprint density at radius 1 is 1.38 bits per heavy atom. The molecule has 1 N–H and O–H groups in total. The molecule has 1 unspecified atom stereocenters. The third-order valence-electron chi connectivity index (χ3n) is 2.24. The van der Waals surface area contributed by atoms with E-state index >= 15 is 0 Å². The van der Waals surface area contributed by atoms with Gasteiger partial charge in [-0.05, 0) is 13.1 Å². The third-order valence-corrected chi connectivity index (χ3v) is 2.63. The first-order chi connectivity index (χ1) is 7.69. The van der Waals surface area contributed by atoms with Crippen LogP contribution < -0.4 is 14.8 Å². The molecule has 0 bridgehead atoms. The quantitative estimate of drug-likeness (QED) is 0.876. The SMILES string of the molecule is CNC(C#N)c1ccc(OC)c(OC)c1Cl. The lowest BCUT2D eigenvalue weighted by Gasteiger charge is -2.15. The van der Waals surface area contributed by atoms with E-state index in [9.17, 15) is 0 Å². The fraction of sp³-hybridized carbons (Fsp3) is 0.364. The summed E-state index contributed by atoms with van der Waals surface area (Å²) in [5, 5.41) is 12.2. The number of nitrogens with one attached hydrogen (secondary N) is 1. The van der Waals surface area contributed by atoms with Crippen LogP contribution in [0.5, 0.6) is 11.5 Å². The van der Waals surface area contributed by atoms with Crippen molar-refractivity contribution >= 4 is 11.6 Å². The number of ether oxygens (including phenoxy) is 2. The Hall–Kier alpha value is -1.44. The second-order valence-corrected chi connectivity index (χ2v) is 3.43. The molecule has 0 aromatic heterocycles. The minimum atomic E-state index is -0.465. The molecule has 1 aromatic carbocycles. The lowest BCUT2D eigenvalue weighted by Crippen LogP contribution is -2.14. The molecule has 0 aliphatic rings. The molecule has 1 atom stereocenters. The zero-order valence-corrected chi connectivity index (χ0v) is 10.1. The average molecular weight is 241 g/mol. The number of nitriles is 1. The number of nitrogens with zero attached hydrogens (tertiary/aromatic N) is 1. The van der Waals surface area contributed by atoms with Crippen molar-refractivity contribution in [2.45, 2.75) is 6.04 Å². The van der Waals surface area contributed by atoms with Crippen molar-refractivity contribution in [2.75, 3.05) is 21.3 Å². The predicted molar refractivity (Wildman–Crippen MR) is 62.0 cm³/mol. The van der Waals surface area contributed by atoms with Gasteiger partial charge in [0.15, 0.2) is 11.5 Å². The standard InChI is InChI=1S/C11H13ClN2O2/c1-14-8(6-13)7-4-5-9(15-2)11(16-3)10(7)12/h4-5,8,14H,1-3H3. The highest BCUT2D eigenvalue weighted by Crippen LogP contribution is 2.39. The Morgan fingerprint density at radius 3 is 2.50 bits per heavy atom. The molecule has 1 rings (SSSR count). The van der Waals surface area contributed by atoms with E-state index in [2.05, 4.69) is 11.4 Å². The van der Waals surface area contributed by atoms with Crippen LogP contribution in [0.3, 0.4) is 0 Å². The van der Waals surface area contributed by atoms with E-state index in [1.165, 1.54) is 14.2 Å². The molecule has 0 fully saturated rings. The summed E-state index contributed by atoms with van der Waals surface area (Å²) in [5.74, 6) is 0.987. The van der Waals surface area contributed by atoms with E-state index in [1.54, 1.807) is 19.2 Å². The average Bonchev–Trinajstić information content (AvgIpc) is 2.32. The summed E-state index contributed by atoms with van der Waals surface area (Å²) < 4.78 is 10.3. The summed E-state index contributed by atoms with van der Waals surface area (Å²) in [4.78, 5) is 0. The largest absolute Gasteiger partial charge is 0.493 e. The molecule has 0 saturated carbocycles. The molecule has 16 heavy (non-hydrogen) atoms. The molecule has 0 radical (unpaired) electrons. The zero-order chi connectivity index (χ0) is 12.1. The van der Waals surface area contributed by atoms with Gasteiger partial charge in [0.05, 0.1) is 25.3 Å². The molecule has 5 heteroatoms. The molecule has 0 spiro atoms. The maximum atomic E-state index is 8.95. The van der Waals surface area contributed by atoms with Crippen molar-refractivity contribution in [3.8, 4) is 17.6 Å². The van der Waals surface area contributed by atoms with Crippen LogP contribution >= 0.6 is 11.6 Å². The van der Waals surface area contributed by atoms with E-state index in [0.29, 0.717) is 22.1 Å². The smallest absolute Gasteiger partial charge is 0.179 e. The number of methoxy groups -OCH3 is 2. The molecule has 86 valence electrons. The normalized spacial score (nSPS) is 11.7. The Balaban J connectivity index is 3.29. The van der Waals surface area contributed by atoms with Crippen LogP contribution in [0.2, 0.25) is 5.02 Å². The molecular weight excluding hydrogens is 228 g/mol. The van der Waals surface area contributed by atoms with Gasteiger partial charge in [-0.2, -0.15) is 5.26 Å². The lowest BCUT2D eigenvalue weighted by atomic mass is 10.1. The van der Waals surface area contributed by atoms with Gasteiger partial charge in [-0.3, -0.25) is 0 Å². The second-order valence-electron chi connectivity index (χ2n) is 3.06. The molecule has 4 nitrogen and oxygen atoms in total. The topological polar surface area (TPSA) is 54.3 Å². The van der Waals surface area contributed by atoms with Crippen molar-refractivity contribution in [1.82, 2.24) is 5.32 Å². The fourth-order valence-electron chi connectivity index (χ4n) is 1.42. The van der Waals surface area contributed by atoms with Crippen molar-refractivity contribution in [3.05, 3.63) is 22.7 Å². The number of rotatable bonds is 4. The molecule has 0 saturated heterocycles. The summed E-state index contributed by atoms with van der Waals surface area (Å²) in [7, 11) is 4.74. The van der Waals surface area contributed by atoms with Crippen LogP contribution in [0, 0.1) is 11.3 Å². The minimum absolute atomic E-state index is 0.391. The van der Waals surface area contributed by atoms with Crippen molar-refractivity contribution < 1.29 is 9.47 Å². The van der Waals surface area contributed by atoms with Crippen LogP contribution in [-0.2, 0) is 0 Å². The molecule has 0 aliphatic heterocycles. The fourth-order valence-corrected chi connectivity index (χ4v) is 1.76. The Bertz CT molecular complexity index is 415. The van der Waals surface area contributed by atoms with Gasteiger partial charge >= 0.3 is 0 Å². The molecule has 0 heterocycles. The summed E-state index contributed by atoms with van der Waals surface area (Å²) >= 11 is 6.15. The maximum absolute atomic E-state index is 8.95. The number of halogens is 1. The van der Waals surface area contributed by atoms with Crippen LogP contribution in [0.4, 0.5) is 0 Å². The van der Waals surface area contributed by atoms with Gasteiger partial charge in [-0.15, -0.1) is 0 Å². The summed E-state index contributed by atoms with van der Waals surface area (Å²) in [5.41, 5.74) is 0.671. The Labute approximate surface area is 99.7 Å². The van der Waals surface area contributed by atoms with Gasteiger partial charge in [0.1, 0.15) is 6.04 Å². The van der Waals surface area contributed by atoms with Crippen LogP contribution in [-0.4, -0.2) is 21.3 Å². The summed E-state index contributed by atoms with van der Waals surface area (Å²) in [6, 6.07) is 5.11. The van der Waals surface area contributed by atoms with Crippen LogP contribution in [0.25, 0.3) is 0 Å². The van der Waals surface area contributed by atoms with Gasteiger partial charge in [0, 0.05) is 5.56 Å². The van der Waals surface area contributed by atoms with Gasteiger partial charge < -0.3 is 14.8 Å². The third kappa shape index (κ3) is 2.21. The highest BCUT2D eigenvalue weighted by atomic mass is 35.5. The second kappa shape index (κ2) is 5.59. The van der Waals surface area contributed by atoms with Gasteiger partial charge in [0.2, 0.25) is 0 Å². The van der Waals surface area contributed by atoms with Crippen LogP contribution in [0.1, 0.15) is 11.6 Å². The Kier molecular flexibility index (Phi) is 4.41. The first-order valence-electron chi connectivity index (χ1n) is 4.66. The van der Waals surface area contributed by atoms with Gasteiger partial charge in [-0.25, -0.2) is 0 Å². The van der Waals surface area contributed by atoms with Crippen molar-refractivity contribution in [3.63, 3.8) is 0 Å². The van der Waals surface area contributed by atoms with Gasteiger partial charge in [0.25, 0.3) is 0 Å². The van der Waals surface area contributed by atoms with Crippen molar-refractivity contribution in [2.24, 2.45) is 0 Å². The van der Waals surface area contributed by atoms with E-state index in [4.69, 9.17) is 26.3 Å². The van der Waals surface area contributed by atoms with Gasteiger partial charge in [-0.1, -0.05) is 17.7 Å². The first kappa shape index (κ1) is 12.6. The summed E-state index contributed by atoms with van der Waals surface area (Å²) in [6.45, 7) is 0. The molecular formula is C11H13ClN2O2. The summed E-state index contributed by atoms with van der Waals surface area (Å²) in [6.07, 6.45) is 0. The first-order valence-corrected chi connectivity index (χ1v) is 5.04. The number of benzene rings is 1. The molecule has 0 aliphatic carbocycles. The predicted octanol–water partition coefficient (Wildman–Crippen LogP) is 2.14. The Morgan fingerprint density at radius 2 is 2.06 bits per heavy atom. The number of hydrogen-bond donors (Lipinski definition) is 1. The lowest BCUT2D eigenvalue weighted by molar-refractivity contribution is 0.354. The highest BCUT2D eigenvalue weighted by Gasteiger charge is 2.18. The van der Waals surface area contributed by atoms with Crippen LogP contribution in [0.15, 0.2) is 12.1 Å². The number of hydrogen-bond acceptors (Lipinski definition) is 4. The van der Waals surface area contributed by atoms with E-state index < -0.39 is 6.04 Å². The minimum Gasteiger partial charge on any atom is -0.493 e. The monoisotopic (exact) mass is 240 g/mol. The van der Waals surface area contributed by atoms with Crippen molar-refractivity contribution in [1.29, 1.82) is 5.26 Å². The van der Waals surface area contributed by atoms with E-state index in [-0.39, 0.29) is 0 Å². The zero-order valence-electron chi connectivity index (χ0n) is 9.37. The molecule has 1 aromatic rings. The van der Waals surface area contributed by atoms with E-state index in [0.717, 1.165) is 0 Å².